The molecule has 0 saturated carbocycles. The van der Waals surface area contributed by atoms with E-state index in [0.717, 1.165) is 27.9 Å². The molecule has 0 unspecified atom stereocenters. The van der Waals surface area contributed by atoms with Gasteiger partial charge in [-0.15, -0.1) is 0 Å². The molecule has 0 fully saturated rings. The molecule has 8 radical (unpaired) electrons. The molecule has 8 aromatic carbocycles. The Balaban J connectivity index is 1.22. The Morgan fingerprint density at radius 1 is 0.462 bits per heavy atom. The van der Waals surface area contributed by atoms with E-state index in [1.165, 1.54) is 49.0 Å². The number of aromatic nitrogens is 2. The quantitative estimate of drug-likeness (QED) is 0.144. The predicted octanol–water partition coefficient (Wildman–Crippen LogP) is 8.96. The largest absolute Gasteiger partial charge is 0.410 e. The predicted molar refractivity (Wildman–Crippen MR) is 220 cm³/mol. The minimum absolute atomic E-state index is 0.136. The monoisotopic (exact) mass is 656 g/mol. The minimum Gasteiger partial charge on any atom is -0.410 e. The van der Waals surface area contributed by atoms with Crippen LogP contribution in [0.1, 0.15) is 5.82 Å². The number of imidazole rings is 1. The van der Waals surface area contributed by atoms with Gasteiger partial charge in [0.2, 0.25) is 0 Å². The fourth-order valence-corrected chi connectivity index (χ4v) is 7.52. The number of fused-ring (bicyclic) bond motifs is 4. The topological polar surface area (TPSA) is 38.1 Å². The van der Waals surface area contributed by atoms with E-state index < -0.39 is 10.6 Å². The van der Waals surface area contributed by atoms with E-state index in [9.17, 15) is 5.11 Å². The van der Waals surface area contributed by atoms with E-state index in [1.807, 2.05) is 36.4 Å². The Morgan fingerprint density at radius 3 is 1.63 bits per heavy atom. The van der Waals surface area contributed by atoms with Crippen LogP contribution in [0.2, 0.25) is 0 Å². The molecule has 9 rings (SSSR count). The van der Waals surface area contributed by atoms with E-state index in [4.69, 9.17) is 31.4 Å². The van der Waals surface area contributed by atoms with Crippen LogP contribution in [0.25, 0.3) is 82.4 Å². The SMILES string of the molecule is [B]C([B])(O)C([B])([B])c1nc2ccccc2n1-c1cccc(-c2cccc(-c3c4ccccc4c(-c4ccc5ccccc5c4)c4ccccc34)c2)c1. The second-order valence-electron chi connectivity index (χ2n) is 13.5. The first-order valence-electron chi connectivity index (χ1n) is 17.2. The highest BCUT2D eigenvalue weighted by molar-refractivity contribution is 6.53. The fourth-order valence-electron chi connectivity index (χ4n) is 7.52. The van der Waals surface area contributed by atoms with Gasteiger partial charge in [-0.05, 0) is 113 Å². The Morgan fingerprint density at radius 2 is 0.981 bits per heavy atom. The van der Waals surface area contributed by atoms with Gasteiger partial charge < -0.3 is 5.11 Å². The number of hydrogen-bond donors (Lipinski definition) is 1. The average Bonchev–Trinajstić information content (AvgIpc) is 3.57. The zero-order chi connectivity index (χ0) is 35.6. The van der Waals surface area contributed by atoms with Crippen LogP contribution in [0.4, 0.5) is 0 Å². The van der Waals surface area contributed by atoms with Crippen molar-refractivity contribution in [1.82, 2.24) is 9.55 Å². The van der Waals surface area contributed by atoms with E-state index in [1.54, 1.807) is 4.57 Å². The van der Waals surface area contributed by atoms with Crippen LogP contribution in [0.5, 0.6) is 0 Å². The average molecular weight is 656 g/mol. The lowest BCUT2D eigenvalue weighted by molar-refractivity contribution is 0.189. The van der Waals surface area contributed by atoms with Crippen LogP contribution in [0.3, 0.4) is 0 Å². The molecule has 9 aromatic rings. The Kier molecular flexibility index (Phi) is 7.53. The molecule has 3 nitrogen and oxygen atoms in total. The summed E-state index contributed by atoms with van der Waals surface area (Å²) in [6.07, 6.45) is 0. The van der Waals surface area contributed by atoms with Crippen LogP contribution >= 0.6 is 0 Å². The molecule has 7 heteroatoms. The van der Waals surface area contributed by atoms with Gasteiger partial charge in [-0.3, -0.25) is 4.57 Å². The molecule has 52 heavy (non-hydrogen) atoms. The first-order chi connectivity index (χ1) is 25.2. The number of hydrogen-bond acceptors (Lipinski definition) is 2. The van der Waals surface area contributed by atoms with Crippen LogP contribution in [0.15, 0.2) is 164 Å². The maximum Gasteiger partial charge on any atom is 0.104 e. The minimum atomic E-state index is -2.44. The van der Waals surface area contributed by atoms with Crippen molar-refractivity contribution in [1.29, 1.82) is 0 Å². The molecular formula is C45H28B4N2O. The van der Waals surface area contributed by atoms with Crippen molar-refractivity contribution < 1.29 is 5.11 Å². The standard InChI is InChI=1S/C45H28B4N2O/c46-44(47,45(48,49)52)43-50-39-21-7-8-22-40(39)51(43)34-16-10-14-31(27-34)30-13-9-15-32(26-30)41-35-17-3-5-19-37(35)42(38-20-6-4-18-36(38)41)33-24-23-28-11-1-2-12-29(28)25-33/h1-27,52H. The lowest BCUT2D eigenvalue weighted by atomic mass is 9.35. The number of para-hydroxylation sites is 2. The maximum atomic E-state index is 10.6. The summed E-state index contributed by atoms with van der Waals surface area (Å²) in [4.78, 5) is 4.68. The third-order valence-electron chi connectivity index (χ3n) is 10.2. The van der Waals surface area contributed by atoms with E-state index in [-0.39, 0.29) is 5.82 Å². The van der Waals surface area contributed by atoms with Gasteiger partial charge in [0.15, 0.2) is 0 Å². The van der Waals surface area contributed by atoms with Crippen molar-refractivity contribution in [2.24, 2.45) is 0 Å². The fraction of sp³-hybridized carbons (Fsp3) is 0.0444. The second-order valence-corrected chi connectivity index (χ2v) is 13.5. The van der Waals surface area contributed by atoms with Gasteiger partial charge >= 0.3 is 0 Å². The van der Waals surface area contributed by atoms with Gasteiger partial charge in [0, 0.05) is 5.69 Å². The lowest BCUT2D eigenvalue weighted by Gasteiger charge is -2.39. The van der Waals surface area contributed by atoms with E-state index >= 15 is 0 Å². The van der Waals surface area contributed by atoms with Crippen molar-refractivity contribution in [2.45, 2.75) is 10.6 Å². The number of aliphatic hydroxyl groups is 1. The first-order valence-corrected chi connectivity index (χ1v) is 17.2. The molecule has 0 bridgehead atoms. The summed E-state index contributed by atoms with van der Waals surface area (Å²) < 4.78 is 1.81. The molecule has 0 saturated heterocycles. The number of rotatable bonds is 6. The molecule has 0 aliphatic rings. The van der Waals surface area contributed by atoms with E-state index in [2.05, 4.69) is 132 Å². The third-order valence-corrected chi connectivity index (χ3v) is 10.2. The zero-order valence-corrected chi connectivity index (χ0v) is 28.2. The van der Waals surface area contributed by atoms with Crippen LogP contribution in [-0.2, 0) is 5.21 Å². The second kappa shape index (κ2) is 12.2. The lowest BCUT2D eigenvalue weighted by Crippen LogP contribution is -2.55. The summed E-state index contributed by atoms with van der Waals surface area (Å²) in [5, 5.41) is 13.3. The summed E-state index contributed by atoms with van der Waals surface area (Å²) in [5.74, 6) is 0.136. The molecule has 0 spiro atoms. The molecule has 0 atom stereocenters. The van der Waals surface area contributed by atoms with Crippen LogP contribution in [-0.4, -0.2) is 51.4 Å². The summed E-state index contributed by atoms with van der Waals surface area (Å²) in [5.41, 5.74) is 8.83. The highest BCUT2D eigenvalue weighted by Crippen LogP contribution is 2.45. The van der Waals surface area contributed by atoms with Gasteiger partial charge in [-0.1, -0.05) is 127 Å². The van der Waals surface area contributed by atoms with Gasteiger partial charge in [0.05, 0.1) is 42.4 Å². The molecule has 0 amide bonds. The Hall–Kier alpha value is -5.77. The highest BCUT2D eigenvalue weighted by atomic mass is 16.3. The summed E-state index contributed by atoms with van der Waals surface area (Å²) in [7, 11) is 24.6. The van der Waals surface area contributed by atoms with Gasteiger partial charge in [0.25, 0.3) is 0 Å². The normalized spacial score (nSPS) is 12.2. The number of nitrogens with zero attached hydrogens (tertiary/aromatic N) is 2. The molecular weight excluding hydrogens is 628 g/mol. The van der Waals surface area contributed by atoms with Gasteiger partial charge in [-0.25, -0.2) is 4.98 Å². The van der Waals surface area contributed by atoms with Crippen molar-refractivity contribution in [3.63, 3.8) is 0 Å². The summed E-state index contributed by atoms with van der Waals surface area (Å²) >= 11 is 0. The van der Waals surface area contributed by atoms with Crippen molar-refractivity contribution in [3.8, 4) is 39.1 Å². The third kappa shape index (κ3) is 5.19. The van der Waals surface area contributed by atoms with E-state index in [0.29, 0.717) is 5.52 Å². The number of benzene rings is 8. The highest BCUT2D eigenvalue weighted by Gasteiger charge is 2.39. The molecule has 1 heterocycles. The molecule has 1 aromatic heterocycles. The van der Waals surface area contributed by atoms with Crippen molar-refractivity contribution in [3.05, 3.63) is 170 Å². The van der Waals surface area contributed by atoms with Crippen LogP contribution in [0, 0.1) is 0 Å². The van der Waals surface area contributed by atoms with Gasteiger partial charge in [0.1, 0.15) is 5.82 Å². The Labute approximate surface area is 307 Å². The van der Waals surface area contributed by atoms with Crippen molar-refractivity contribution in [2.75, 3.05) is 0 Å². The zero-order valence-electron chi connectivity index (χ0n) is 28.2. The maximum absolute atomic E-state index is 10.6. The first kappa shape index (κ1) is 32.2. The molecule has 0 aliphatic heterocycles. The Bertz CT molecular complexity index is 2780. The summed E-state index contributed by atoms with van der Waals surface area (Å²) in [6, 6.07) is 56.8. The van der Waals surface area contributed by atoms with Gasteiger partial charge in [-0.2, -0.15) is 0 Å². The van der Waals surface area contributed by atoms with Crippen molar-refractivity contribution >= 4 is 74.7 Å². The molecule has 0 aliphatic carbocycles. The summed E-state index contributed by atoms with van der Waals surface area (Å²) in [6.45, 7) is 0. The van der Waals surface area contributed by atoms with Crippen LogP contribution < -0.4 is 0 Å². The smallest absolute Gasteiger partial charge is 0.104 e. The molecule has 1 N–H and O–H groups in total. The molecule has 236 valence electrons.